The second-order valence-electron chi connectivity index (χ2n) is 11.7. The number of nitrogens with zero attached hydrogens (tertiary/aromatic N) is 2. The lowest BCUT2D eigenvalue weighted by Crippen LogP contribution is -2.22. The molecule has 9 heteroatoms. The van der Waals surface area contributed by atoms with E-state index in [-0.39, 0.29) is 23.4 Å². The van der Waals surface area contributed by atoms with Crippen molar-refractivity contribution >= 4 is 45.2 Å². The van der Waals surface area contributed by atoms with Crippen LogP contribution >= 0.6 is 11.6 Å². The number of hydrogen-bond donors (Lipinski definition) is 2. The van der Waals surface area contributed by atoms with E-state index in [2.05, 4.69) is 10.6 Å². The van der Waals surface area contributed by atoms with Crippen molar-refractivity contribution in [1.29, 1.82) is 0 Å². The third-order valence-electron chi connectivity index (χ3n) is 8.59. The Kier molecular flexibility index (Phi) is 7.82. The maximum absolute atomic E-state index is 14.1. The van der Waals surface area contributed by atoms with Gasteiger partial charge in [-0.25, -0.2) is 8.78 Å². The van der Waals surface area contributed by atoms with Crippen molar-refractivity contribution in [3.63, 3.8) is 0 Å². The van der Waals surface area contributed by atoms with Gasteiger partial charge in [0, 0.05) is 53.1 Å². The maximum Gasteiger partial charge on any atom is 0.267 e. The average molecular weight is 637 g/mol. The van der Waals surface area contributed by atoms with Crippen molar-refractivity contribution in [1.82, 2.24) is 19.8 Å². The summed E-state index contributed by atoms with van der Waals surface area (Å²) in [6.07, 6.45) is 1.72. The molecule has 0 unspecified atom stereocenters. The molecule has 2 amide bonds. The smallest absolute Gasteiger partial charge is 0.267 e. The zero-order valence-electron chi connectivity index (χ0n) is 25.2. The van der Waals surface area contributed by atoms with Crippen LogP contribution in [-0.2, 0) is 13.1 Å². The van der Waals surface area contributed by atoms with Crippen molar-refractivity contribution in [3.05, 3.63) is 119 Å². The van der Waals surface area contributed by atoms with Crippen LogP contribution < -0.4 is 10.6 Å². The van der Waals surface area contributed by atoms with E-state index >= 15 is 0 Å². The predicted octanol–water partition coefficient (Wildman–Crippen LogP) is 8.12. The second kappa shape index (κ2) is 12.1. The highest BCUT2D eigenvalue weighted by atomic mass is 35.5. The molecule has 2 aliphatic heterocycles. The van der Waals surface area contributed by atoms with Gasteiger partial charge in [-0.2, -0.15) is 0 Å². The predicted molar refractivity (Wildman–Crippen MR) is 178 cm³/mol. The molecule has 6 nitrogen and oxygen atoms in total. The van der Waals surface area contributed by atoms with Gasteiger partial charge in [-0.1, -0.05) is 53.6 Å². The Morgan fingerprint density at radius 1 is 0.630 bits per heavy atom. The van der Waals surface area contributed by atoms with Gasteiger partial charge in [-0.15, -0.1) is 0 Å². The number of aromatic nitrogens is 2. The fourth-order valence-electron chi connectivity index (χ4n) is 6.46. The van der Waals surface area contributed by atoms with E-state index in [9.17, 15) is 18.4 Å². The first-order valence-electron chi connectivity index (χ1n) is 15.3. The monoisotopic (exact) mass is 636 g/mol. The topological polar surface area (TPSA) is 68.1 Å². The summed E-state index contributed by atoms with van der Waals surface area (Å²) >= 11 is 5.95. The fourth-order valence-corrected chi connectivity index (χ4v) is 6.58. The molecule has 0 aliphatic carbocycles. The zero-order chi connectivity index (χ0) is 31.9. The number of rotatable bonds is 2. The summed E-state index contributed by atoms with van der Waals surface area (Å²) in [6, 6.07) is 24.9. The first-order valence-corrected chi connectivity index (χ1v) is 15.7. The van der Waals surface area contributed by atoms with Gasteiger partial charge in [0.25, 0.3) is 11.8 Å². The first kappa shape index (κ1) is 29.7. The summed E-state index contributed by atoms with van der Waals surface area (Å²) in [5.41, 5.74) is 7.63. The third kappa shape index (κ3) is 5.54. The van der Waals surface area contributed by atoms with Crippen molar-refractivity contribution in [2.24, 2.45) is 0 Å². The lowest BCUT2D eigenvalue weighted by atomic mass is 10.0. The minimum atomic E-state index is -0.316. The molecule has 0 saturated heterocycles. The van der Waals surface area contributed by atoms with Crippen LogP contribution in [0, 0.1) is 18.6 Å². The molecule has 8 rings (SSSR count). The highest BCUT2D eigenvalue weighted by molar-refractivity contribution is 6.30. The highest BCUT2D eigenvalue weighted by Crippen LogP contribution is 2.35. The van der Waals surface area contributed by atoms with Gasteiger partial charge in [0.15, 0.2) is 0 Å². The number of amides is 2. The molecule has 2 aromatic heterocycles. The molecule has 0 atom stereocenters. The van der Waals surface area contributed by atoms with Crippen LogP contribution in [-0.4, -0.2) is 34.0 Å². The molecule has 0 spiro atoms. The normalized spacial score (nSPS) is 14.4. The maximum atomic E-state index is 14.1. The number of aryl methyl sites for hydroxylation is 3. The largest absolute Gasteiger partial charge is 0.351 e. The van der Waals surface area contributed by atoms with E-state index in [0.29, 0.717) is 29.5 Å². The molecule has 4 aromatic carbocycles. The van der Waals surface area contributed by atoms with E-state index in [1.807, 2.05) is 52.5 Å². The first-order chi connectivity index (χ1) is 22.3. The Hall–Kier alpha value is -4.95. The summed E-state index contributed by atoms with van der Waals surface area (Å²) in [6.45, 7) is 4.83. The van der Waals surface area contributed by atoms with Gasteiger partial charge < -0.3 is 19.8 Å². The number of hydrogen-bond acceptors (Lipinski definition) is 2. The van der Waals surface area contributed by atoms with Crippen molar-refractivity contribution in [3.8, 4) is 22.3 Å². The standard InChI is InChI=1S/C19H17FN2O.C18H14ClFN2O/c1-12-3-5-13(6-4-12)16-11-15(20)9-14-10-17-19(23)21-7-2-8-22(17)18(14)16;19-13-4-2-11(3-5-13)15-10-14(20)8-12-9-16-18(23)21-6-1-7-22(16)17(12)15/h3-6,9-11H,2,7-8H2,1H3,(H,21,23);2-5,8-10H,1,6-7H2,(H,21,23). The van der Waals surface area contributed by atoms with Crippen LogP contribution in [0.1, 0.15) is 39.4 Å². The number of carbonyl (C=O) groups excluding carboxylic acids is 2. The minimum Gasteiger partial charge on any atom is -0.351 e. The van der Waals surface area contributed by atoms with Crippen LogP contribution in [0.15, 0.2) is 84.9 Å². The number of benzene rings is 4. The number of fused-ring (bicyclic) bond motifs is 6. The van der Waals surface area contributed by atoms with Crippen LogP contribution in [0.5, 0.6) is 0 Å². The molecule has 0 bridgehead atoms. The summed E-state index contributed by atoms with van der Waals surface area (Å²) in [4.78, 5) is 24.4. The van der Waals surface area contributed by atoms with E-state index in [4.69, 9.17) is 11.6 Å². The lowest BCUT2D eigenvalue weighted by Gasteiger charge is -2.11. The molecular weight excluding hydrogens is 606 g/mol. The Morgan fingerprint density at radius 2 is 1.07 bits per heavy atom. The third-order valence-corrected chi connectivity index (χ3v) is 8.84. The van der Waals surface area contributed by atoms with E-state index < -0.39 is 0 Å². The summed E-state index contributed by atoms with van der Waals surface area (Å²) < 4.78 is 32.2. The van der Waals surface area contributed by atoms with Crippen LogP contribution in [0.25, 0.3) is 44.1 Å². The molecule has 0 radical (unpaired) electrons. The van der Waals surface area contributed by atoms with Crippen LogP contribution in [0.4, 0.5) is 8.78 Å². The van der Waals surface area contributed by atoms with Gasteiger partial charge in [0.05, 0.1) is 11.0 Å². The number of nitrogens with one attached hydrogen (secondary N) is 2. The molecule has 232 valence electrons. The summed E-state index contributed by atoms with van der Waals surface area (Å²) in [5, 5.41) is 7.90. The van der Waals surface area contributed by atoms with Gasteiger partial charge in [0.2, 0.25) is 0 Å². The SMILES string of the molecule is Cc1ccc(-c2cc(F)cc3cc4n(c23)CCCNC4=O)cc1.O=C1NCCCn2c1cc1cc(F)cc(-c3ccc(Cl)cc3)c12. The van der Waals surface area contributed by atoms with Gasteiger partial charge in [-0.05, 0) is 79.4 Å². The van der Waals surface area contributed by atoms with Crippen molar-refractivity contribution in [2.75, 3.05) is 13.1 Å². The average Bonchev–Trinajstić information content (AvgIpc) is 3.47. The van der Waals surface area contributed by atoms with Crippen molar-refractivity contribution in [2.45, 2.75) is 32.9 Å². The molecule has 2 N–H and O–H groups in total. The Labute approximate surface area is 269 Å². The van der Waals surface area contributed by atoms with E-state index in [1.54, 1.807) is 30.3 Å². The lowest BCUT2D eigenvalue weighted by molar-refractivity contribution is 0.0943. The Morgan fingerprint density at radius 3 is 1.52 bits per heavy atom. The zero-order valence-corrected chi connectivity index (χ0v) is 25.9. The highest BCUT2D eigenvalue weighted by Gasteiger charge is 2.22. The summed E-state index contributed by atoms with van der Waals surface area (Å²) in [5.74, 6) is -0.798. The Balaban J connectivity index is 0.000000147. The fraction of sp³-hybridized carbons (Fsp3) is 0.189. The number of carbonyl (C=O) groups is 2. The van der Waals surface area contributed by atoms with E-state index in [0.717, 1.165) is 75.6 Å². The summed E-state index contributed by atoms with van der Waals surface area (Å²) in [7, 11) is 0. The molecule has 0 fully saturated rings. The van der Waals surface area contributed by atoms with Gasteiger partial charge in [-0.3, -0.25) is 9.59 Å². The molecule has 0 saturated carbocycles. The molecule has 4 heterocycles. The molecule has 2 aliphatic rings. The quantitative estimate of drug-likeness (QED) is 0.202. The molecule has 46 heavy (non-hydrogen) atoms. The molecule has 6 aromatic rings. The molecular formula is C37H31ClF2N4O2. The second-order valence-corrected chi connectivity index (χ2v) is 12.2. The van der Waals surface area contributed by atoms with Crippen LogP contribution in [0.2, 0.25) is 5.02 Å². The minimum absolute atomic E-state index is 0.0889. The van der Waals surface area contributed by atoms with Gasteiger partial charge in [0.1, 0.15) is 23.0 Å². The van der Waals surface area contributed by atoms with Crippen LogP contribution in [0.3, 0.4) is 0 Å². The number of halogens is 3. The van der Waals surface area contributed by atoms with Gasteiger partial charge >= 0.3 is 0 Å². The van der Waals surface area contributed by atoms with Crippen molar-refractivity contribution < 1.29 is 18.4 Å². The van der Waals surface area contributed by atoms with E-state index in [1.165, 1.54) is 18.2 Å². The Bertz CT molecular complexity index is 1980.